The van der Waals surface area contributed by atoms with Crippen molar-refractivity contribution in [2.75, 3.05) is 5.73 Å². The highest BCUT2D eigenvalue weighted by molar-refractivity contribution is 6.55. The van der Waals surface area contributed by atoms with Crippen LogP contribution in [0.5, 0.6) is 0 Å². The lowest BCUT2D eigenvalue weighted by molar-refractivity contribution is 0.00578. The Kier molecular flexibility index (Phi) is 3.78. The van der Waals surface area contributed by atoms with Gasteiger partial charge in [-0.1, -0.05) is 13.8 Å². The summed E-state index contributed by atoms with van der Waals surface area (Å²) in [5.41, 5.74) is 8.02. The lowest BCUT2D eigenvalue weighted by Crippen LogP contribution is -2.41. The molecule has 0 amide bonds. The van der Waals surface area contributed by atoms with Crippen LogP contribution >= 0.6 is 0 Å². The summed E-state index contributed by atoms with van der Waals surface area (Å²) in [6.45, 7) is 12.5. The molecule has 1 saturated heterocycles. The average Bonchev–Trinajstić information content (AvgIpc) is 2.77. The van der Waals surface area contributed by atoms with Crippen LogP contribution in [0.25, 0.3) is 6.08 Å². The average molecular weight is 276 g/mol. The number of H-pyrrole nitrogens is 1. The fourth-order valence-electron chi connectivity index (χ4n) is 2.17. The van der Waals surface area contributed by atoms with Gasteiger partial charge in [-0.15, -0.1) is 0 Å². The summed E-state index contributed by atoms with van der Waals surface area (Å²) in [6, 6.07) is 1.86. The topological polar surface area (TPSA) is 60.3 Å². The van der Waals surface area contributed by atoms with E-state index in [0.717, 1.165) is 16.9 Å². The molecule has 20 heavy (non-hydrogen) atoms. The molecule has 2 heterocycles. The molecule has 3 N–H and O–H groups in total. The van der Waals surface area contributed by atoms with Gasteiger partial charge in [-0.05, 0) is 51.2 Å². The third kappa shape index (κ3) is 2.65. The Morgan fingerprint density at radius 2 is 1.80 bits per heavy atom. The maximum absolute atomic E-state index is 6.13. The monoisotopic (exact) mass is 276 g/mol. The van der Waals surface area contributed by atoms with Gasteiger partial charge in [0.15, 0.2) is 0 Å². The molecule has 1 aliphatic rings. The van der Waals surface area contributed by atoms with E-state index in [9.17, 15) is 0 Å². The second kappa shape index (κ2) is 4.97. The Balaban J connectivity index is 2.33. The van der Waals surface area contributed by atoms with E-state index in [-0.39, 0.29) is 18.3 Å². The van der Waals surface area contributed by atoms with Crippen LogP contribution in [0.1, 0.15) is 47.2 Å². The predicted octanol–water partition coefficient (Wildman–Crippen LogP) is 3.27. The number of anilines is 1. The number of hydrogen-bond donors (Lipinski definition) is 2. The number of rotatable bonds is 3. The van der Waals surface area contributed by atoms with E-state index in [1.807, 2.05) is 18.3 Å². The van der Waals surface area contributed by atoms with Gasteiger partial charge in [0.25, 0.3) is 0 Å². The van der Waals surface area contributed by atoms with Crippen LogP contribution in [0, 0.1) is 5.92 Å². The maximum Gasteiger partial charge on any atom is 0.490 e. The number of nitrogen functional groups attached to an aromatic ring is 1. The molecule has 0 spiro atoms. The molecule has 0 bridgehead atoms. The van der Waals surface area contributed by atoms with Crippen LogP contribution in [0.15, 0.2) is 17.7 Å². The van der Waals surface area contributed by atoms with Gasteiger partial charge in [0.05, 0.1) is 22.6 Å². The molecule has 0 atom stereocenters. The highest BCUT2D eigenvalue weighted by atomic mass is 16.7. The normalized spacial score (nSPS) is 21.8. The zero-order valence-electron chi connectivity index (χ0n) is 13.3. The number of aromatic nitrogens is 1. The van der Waals surface area contributed by atoms with Crippen molar-refractivity contribution in [3.63, 3.8) is 0 Å². The SMILES string of the molecule is CC(C)/C(=C\c1[nH]ccc1N)B1OC(C)(C)C(C)(C)O1. The molecule has 0 saturated carbocycles. The van der Waals surface area contributed by atoms with Crippen molar-refractivity contribution in [2.45, 2.75) is 52.7 Å². The molecule has 0 aliphatic carbocycles. The van der Waals surface area contributed by atoms with Gasteiger partial charge in [0.1, 0.15) is 0 Å². The number of aromatic amines is 1. The zero-order valence-corrected chi connectivity index (χ0v) is 13.3. The molecule has 1 fully saturated rings. The summed E-state index contributed by atoms with van der Waals surface area (Å²) >= 11 is 0. The quantitative estimate of drug-likeness (QED) is 0.833. The fourth-order valence-corrected chi connectivity index (χ4v) is 2.17. The molecule has 4 nitrogen and oxygen atoms in total. The van der Waals surface area contributed by atoms with Gasteiger partial charge in [0.2, 0.25) is 0 Å². The first-order chi connectivity index (χ1) is 9.14. The minimum Gasteiger partial charge on any atom is -0.400 e. The van der Waals surface area contributed by atoms with Gasteiger partial charge in [-0.3, -0.25) is 0 Å². The minimum atomic E-state index is -0.331. The molecule has 0 unspecified atom stereocenters. The van der Waals surface area contributed by atoms with Crippen LogP contribution in [-0.4, -0.2) is 23.3 Å². The van der Waals surface area contributed by atoms with E-state index in [1.165, 1.54) is 0 Å². The van der Waals surface area contributed by atoms with Crippen LogP contribution < -0.4 is 5.73 Å². The van der Waals surface area contributed by atoms with Crippen molar-refractivity contribution in [1.29, 1.82) is 0 Å². The summed E-state index contributed by atoms with van der Waals surface area (Å²) in [5.74, 6) is 0.312. The first-order valence-electron chi connectivity index (χ1n) is 7.14. The Bertz CT molecular complexity index is 502. The Hall–Kier alpha value is -1.20. The van der Waals surface area contributed by atoms with Gasteiger partial charge in [-0.2, -0.15) is 0 Å². The number of nitrogens with two attached hydrogens (primary N) is 1. The van der Waals surface area contributed by atoms with E-state index in [0.29, 0.717) is 5.92 Å². The van der Waals surface area contributed by atoms with Crippen LogP contribution in [-0.2, 0) is 9.31 Å². The van der Waals surface area contributed by atoms with Gasteiger partial charge in [0, 0.05) is 6.20 Å². The van der Waals surface area contributed by atoms with E-state index >= 15 is 0 Å². The summed E-state index contributed by atoms with van der Waals surface area (Å²) in [4.78, 5) is 3.14. The van der Waals surface area contributed by atoms with Gasteiger partial charge >= 0.3 is 7.12 Å². The summed E-state index contributed by atoms with van der Waals surface area (Å²) in [7, 11) is -0.331. The third-order valence-corrected chi connectivity index (χ3v) is 4.32. The van der Waals surface area contributed by atoms with Crippen molar-refractivity contribution < 1.29 is 9.31 Å². The molecule has 2 rings (SSSR count). The molecule has 0 aromatic carbocycles. The van der Waals surface area contributed by atoms with Gasteiger partial charge in [-0.25, -0.2) is 0 Å². The Morgan fingerprint density at radius 1 is 1.25 bits per heavy atom. The molecule has 1 aromatic rings. The summed E-state index contributed by atoms with van der Waals surface area (Å²) in [6.07, 6.45) is 3.88. The third-order valence-electron chi connectivity index (χ3n) is 4.32. The maximum atomic E-state index is 6.13. The van der Waals surface area contributed by atoms with E-state index in [2.05, 4.69) is 46.5 Å². The molecule has 110 valence electrons. The smallest absolute Gasteiger partial charge is 0.400 e. The lowest BCUT2D eigenvalue weighted by atomic mass is 9.71. The number of hydrogen-bond acceptors (Lipinski definition) is 3. The largest absolute Gasteiger partial charge is 0.490 e. The molecule has 0 radical (unpaired) electrons. The lowest BCUT2D eigenvalue weighted by Gasteiger charge is -2.32. The first kappa shape index (κ1) is 15.2. The molecule has 1 aromatic heterocycles. The van der Waals surface area contributed by atoms with E-state index in [4.69, 9.17) is 15.0 Å². The van der Waals surface area contributed by atoms with Crippen molar-refractivity contribution in [3.8, 4) is 0 Å². The van der Waals surface area contributed by atoms with Crippen LogP contribution in [0.3, 0.4) is 0 Å². The van der Waals surface area contributed by atoms with Crippen molar-refractivity contribution >= 4 is 18.9 Å². The van der Waals surface area contributed by atoms with Crippen molar-refractivity contribution in [3.05, 3.63) is 23.4 Å². The number of allylic oxidation sites excluding steroid dienone is 1. The predicted molar refractivity (Wildman–Crippen MR) is 84.1 cm³/mol. The van der Waals surface area contributed by atoms with Crippen molar-refractivity contribution in [2.24, 2.45) is 5.92 Å². The Labute approximate surface area is 121 Å². The van der Waals surface area contributed by atoms with E-state index < -0.39 is 0 Å². The molecular weight excluding hydrogens is 251 g/mol. The van der Waals surface area contributed by atoms with Crippen LogP contribution in [0.4, 0.5) is 5.69 Å². The highest BCUT2D eigenvalue weighted by Crippen LogP contribution is 2.40. The zero-order chi connectivity index (χ0) is 15.1. The minimum absolute atomic E-state index is 0.312. The second-order valence-electron chi connectivity index (χ2n) is 6.73. The molecule has 1 aliphatic heterocycles. The Morgan fingerprint density at radius 3 is 2.20 bits per heavy atom. The highest BCUT2D eigenvalue weighted by Gasteiger charge is 2.52. The number of nitrogens with one attached hydrogen (secondary N) is 1. The van der Waals surface area contributed by atoms with Crippen LogP contribution in [0.2, 0.25) is 0 Å². The molecular formula is C15H25BN2O2. The standard InChI is InChI=1S/C15H25BN2O2/c1-10(2)11(9-13-12(17)7-8-18-13)16-19-14(3,4)15(5,6)20-16/h7-10,18H,17H2,1-6H3/b11-9+. The second-order valence-corrected chi connectivity index (χ2v) is 6.73. The summed E-state index contributed by atoms with van der Waals surface area (Å²) in [5, 5.41) is 0. The summed E-state index contributed by atoms with van der Waals surface area (Å²) < 4.78 is 12.3. The first-order valence-corrected chi connectivity index (χ1v) is 7.14. The van der Waals surface area contributed by atoms with Gasteiger partial charge < -0.3 is 20.0 Å². The van der Waals surface area contributed by atoms with Crippen molar-refractivity contribution in [1.82, 2.24) is 4.98 Å². The fraction of sp³-hybridized carbons (Fsp3) is 0.600. The molecule has 5 heteroatoms. The van der Waals surface area contributed by atoms with E-state index in [1.54, 1.807) is 0 Å².